The predicted octanol–water partition coefficient (Wildman–Crippen LogP) is 3.59. The standard InChI is InChI=1S/C30H38N6O3/c1-5-23-19-35(30(38)24-11-9-20(3)34-21(24)4)16-17-36(23)27-12-10-22(18-26(27)28(37)32-15-13-31)25-8-7-14-33-29(25)39-6-2/h7-12,14,18,23H,5-6,13,15-17,19,31H2,1-4H3,(H,32,37)/t23-/m1/s1. The Morgan fingerprint density at radius 2 is 1.92 bits per heavy atom. The van der Waals surface area contributed by atoms with E-state index in [-0.39, 0.29) is 17.9 Å². The van der Waals surface area contributed by atoms with Crippen molar-refractivity contribution in [2.45, 2.75) is 40.2 Å². The lowest BCUT2D eigenvalue weighted by Crippen LogP contribution is -2.55. The number of ether oxygens (including phenoxy) is 1. The Labute approximate surface area is 230 Å². The summed E-state index contributed by atoms with van der Waals surface area (Å²) in [6.45, 7) is 10.8. The van der Waals surface area contributed by atoms with E-state index in [0.29, 0.717) is 56.3 Å². The topological polar surface area (TPSA) is 114 Å². The van der Waals surface area contributed by atoms with Gasteiger partial charge in [-0.1, -0.05) is 13.0 Å². The van der Waals surface area contributed by atoms with Gasteiger partial charge in [0.1, 0.15) is 0 Å². The number of benzene rings is 1. The zero-order chi connectivity index (χ0) is 27.9. The van der Waals surface area contributed by atoms with Crippen molar-refractivity contribution in [3.8, 4) is 17.0 Å². The molecule has 39 heavy (non-hydrogen) atoms. The Morgan fingerprint density at radius 1 is 1.10 bits per heavy atom. The Kier molecular flexibility index (Phi) is 9.14. The minimum Gasteiger partial charge on any atom is -0.478 e. The highest BCUT2D eigenvalue weighted by Gasteiger charge is 2.32. The summed E-state index contributed by atoms with van der Waals surface area (Å²) in [5.74, 6) is 0.337. The Morgan fingerprint density at radius 3 is 2.64 bits per heavy atom. The van der Waals surface area contributed by atoms with Gasteiger partial charge >= 0.3 is 0 Å². The van der Waals surface area contributed by atoms with Crippen molar-refractivity contribution in [2.75, 3.05) is 44.2 Å². The number of carbonyl (C=O) groups is 2. The zero-order valence-electron chi connectivity index (χ0n) is 23.2. The molecule has 206 valence electrons. The number of hydrogen-bond donors (Lipinski definition) is 2. The molecule has 4 rings (SSSR count). The fraction of sp³-hybridized carbons (Fsp3) is 0.400. The van der Waals surface area contributed by atoms with Crippen molar-refractivity contribution in [3.63, 3.8) is 0 Å². The monoisotopic (exact) mass is 530 g/mol. The fourth-order valence-corrected chi connectivity index (χ4v) is 5.07. The number of pyridine rings is 2. The van der Waals surface area contributed by atoms with E-state index in [2.05, 4.69) is 27.1 Å². The van der Waals surface area contributed by atoms with Crippen LogP contribution in [-0.4, -0.2) is 72.1 Å². The maximum Gasteiger partial charge on any atom is 0.255 e. The maximum absolute atomic E-state index is 13.4. The second-order valence-electron chi connectivity index (χ2n) is 9.66. The van der Waals surface area contributed by atoms with E-state index in [0.717, 1.165) is 34.6 Å². The molecule has 0 aliphatic carbocycles. The van der Waals surface area contributed by atoms with Crippen LogP contribution in [0.1, 0.15) is 52.4 Å². The van der Waals surface area contributed by atoms with E-state index in [1.807, 2.05) is 68.1 Å². The third-order valence-corrected chi connectivity index (χ3v) is 7.04. The second-order valence-corrected chi connectivity index (χ2v) is 9.66. The Hall–Kier alpha value is -3.98. The summed E-state index contributed by atoms with van der Waals surface area (Å²) in [7, 11) is 0. The normalized spacial score (nSPS) is 15.3. The second kappa shape index (κ2) is 12.7. The van der Waals surface area contributed by atoms with Crippen molar-refractivity contribution >= 4 is 17.5 Å². The van der Waals surface area contributed by atoms with E-state index in [1.165, 1.54) is 0 Å². The lowest BCUT2D eigenvalue weighted by atomic mass is 9.99. The van der Waals surface area contributed by atoms with Crippen LogP contribution in [0.15, 0.2) is 48.7 Å². The SMILES string of the molecule is CCOc1ncccc1-c1ccc(N2CCN(C(=O)c3ccc(C)nc3C)C[C@H]2CC)c(C(=O)NCCN)c1. The molecule has 3 heterocycles. The highest BCUT2D eigenvalue weighted by molar-refractivity contribution is 6.01. The summed E-state index contributed by atoms with van der Waals surface area (Å²) in [5, 5.41) is 2.93. The highest BCUT2D eigenvalue weighted by atomic mass is 16.5. The van der Waals surface area contributed by atoms with E-state index >= 15 is 0 Å². The molecule has 0 saturated carbocycles. The van der Waals surface area contributed by atoms with Crippen LogP contribution in [0.5, 0.6) is 5.88 Å². The van der Waals surface area contributed by atoms with Gasteiger partial charge in [-0.05, 0) is 69.2 Å². The van der Waals surface area contributed by atoms with Crippen LogP contribution < -0.4 is 20.7 Å². The highest BCUT2D eigenvalue weighted by Crippen LogP contribution is 2.34. The van der Waals surface area contributed by atoms with E-state index in [9.17, 15) is 9.59 Å². The summed E-state index contributed by atoms with van der Waals surface area (Å²) >= 11 is 0. The number of nitrogens with two attached hydrogens (primary N) is 1. The van der Waals surface area contributed by atoms with Crippen molar-refractivity contribution in [1.82, 2.24) is 20.2 Å². The first-order valence-electron chi connectivity index (χ1n) is 13.6. The summed E-state index contributed by atoms with van der Waals surface area (Å²) < 4.78 is 5.74. The molecule has 9 heteroatoms. The first-order chi connectivity index (χ1) is 18.9. The Bertz CT molecular complexity index is 1330. The molecule has 3 N–H and O–H groups in total. The number of aryl methyl sites for hydroxylation is 2. The quantitative estimate of drug-likeness (QED) is 0.435. The molecule has 1 fully saturated rings. The predicted molar refractivity (Wildman–Crippen MR) is 153 cm³/mol. The Balaban J connectivity index is 1.66. The van der Waals surface area contributed by atoms with Crippen LogP contribution >= 0.6 is 0 Å². The molecule has 3 aromatic rings. The summed E-state index contributed by atoms with van der Waals surface area (Å²) in [6.07, 6.45) is 2.51. The van der Waals surface area contributed by atoms with Gasteiger partial charge in [0.05, 0.1) is 23.4 Å². The van der Waals surface area contributed by atoms with Gasteiger partial charge in [0.15, 0.2) is 0 Å². The van der Waals surface area contributed by atoms with Crippen LogP contribution in [0.2, 0.25) is 0 Å². The lowest BCUT2D eigenvalue weighted by molar-refractivity contribution is 0.0718. The summed E-state index contributed by atoms with van der Waals surface area (Å²) in [6, 6.07) is 13.5. The molecule has 1 aromatic carbocycles. The van der Waals surface area contributed by atoms with Gasteiger partial charge in [-0.15, -0.1) is 0 Å². The van der Waals surface area contributed by atoms with Crippen LogP contribution in [0.4, 0.5) is 5.69 Å². The number of rotatable bonds is 9. The molecular weight excluding hydrogens is 492 g/mol. The third kappa shape index (κ3) is 6.20. The average molecular weight is 531 g/mol. The number of aromatic nitrogens is 2. The number of nitrogens with zero attached hydrogens (tertiary/aromatic N) is 4. The average Bonchev–Trinajstić information content (AvgIpc) is 2.95. The van der Waals surface area contributed by atoms with Gasteiger partial charge in [-0.2, -0.15) is 0 Å². The van der Waals surface area contributed by atoms with E-state index in [4.69, 9.17) is 10.5 Å². The zero-order valence-corrected chi connectivity index (χ0v) is 23.2. The fourth-order valence-electron chi connectivity index (χ4n) is 5.07. The van der Waals surface area contributed by atoms with Crippen molar-refractivity contribution in [2.24, 2.45) is 5.73 Å². The molecule has 0 radical (unpaired) electrons. The van der Waals surface area contributed by atoms with Crippen molar-refractivity contribution < 1.29 is 14.3 Å². The molecule has 0 unspecified atom stereocenters. The van der Waals surface area contributed by atoms with Gasteiger partial charge in [-0.25, -0.2) is 4.98 Å². The van der Waals surface area contributed by atoms with E-state index < -0.39 is 0 Å². The van der Waals surface area contributed by atoms with Crippen LogP contribution in [-0.2, 0) is 0 Å². The lowest BCUT2D eigenvalue weighted by Gasteiger charge is -2.43. The molecule has 1 atom stereocenters. The number of carbonyl (C=O) groups excluding carboxylic acids is 2. The van der Waals surface area contributed by atoms with Crippen molar-refractivity contribution in [1.29, 1.82) is 0 Å². The van der Waals surface area contributed by atoms with Crippen LogP contribution in [0.25, 0.3) is 11.1 Å². The minimum atomic E-state index is -0.186. The maximum atomic E-state index is 13.4. The molecule has 0 bridgehead atoms. The number of hydrogen-bond acceptors (Lipinski definition) is 7. The molecular formula is C30H38N6O3. The van der Waals surface area contributed by atoms with Gasteiger partial charge in [-0.3, -0.25) is 14.6 Å². The first kappa shape index (κ1) is 28.0. The largest absolute Gasteiger partial charge is 0.478 e. The van der Waals surface area contributed by atoms with Crippen molar-refractivity contribution in [3.05, 3.63) is 71.2 Å². The number of anilines is 1. The molecule has 1 aliphatic heterocycles. The molecule has 2 amide bonds. The van der Waals surface area contributed by atoms with Crippen LogP contribution in [0.3, 0.4) is 0 Å². The van der Waals surface area contributed by atoms with Crippen LogP contribution in [0, 0.1) is 13.8 Å². The summed E-state index contributed by atoms with van der Waals surface area (Å²) in [4.78, 5) is 39.8. The van der Waals surface area contributed by atoms with E-state index in [1.54, 1.807) is 6.20 Å². The van der Waals surface area contributed by atoms with Gasteiger partial charge in [0.25, 0.3) is 11.8 Å². The molecule has 0 spiro atoms. The molecule has 1 aliphatic rings. The molecule has 2 aromatic heterocycles. The minimum absolute atomic E-state index is 0.00519. The smallest absolute Gasteiger partial charge is 0.255 e. The first-order valence-corrected chi connectivity index (χ1v) is 13.6. The van der Waals surface area contributed by atoms with Gasteiger partial charge < -0.3 is 25.6 Å². The third-order valence-electron chi connectivity index (χ3n) is 7.04. The number of amides is 2. The summed E-state index contributed by atoms with van der Waals surface area (Å²) in [5.41, 5.74) is 11.0. The van der Waals surface area contributed by atoms with Gasteiger partial charge in [0, 0.05) is 61.9 Å². The molecule has 1 saturated heterocycles. The van der Waals surface area contributed by atoms with Gasteiger partial charge in [0.2, 0.25) is 5.88 Å². The number of nitrogens with one attached hydrogen (secondary N) is 1. The number of piperazine rings is 1. The molecule has 9 nitrogen and oxygen atoms in total.